The SMILES string of the molecule is N#CC(C#N)=Cc1ccc(N=Nc2ccc(N3CCCCC3)cc2)cc1. The molecule has 0 saturated carbocycles. The molecule has 1 saturated heterocycles. The lowest BCUT2D eigenvalue weighted by atomic mass is 10.1. The molecule has 0 amide bonds. The molecular formula is C21H19N5. The molecule has 1 aliphatic heterocycles. The van der Waals surface area contributed by atoms with Gasteiger partial charge < -0.3 is 4.90 Å². The smallest absolute Gasteiger partial charge is 0.130 e. The minimum atomic E-state index is 0.0770. The third-order valence-electron chi connectivity index (χ3n) is 4.30. The van der Waals surface area contributed by atoms with Crippen LogP contribution in [-0.2, 0) is 0 Å². The average molecular weight is 341 g/mol. The summed E-state index contributed by atoms with van der Waals surface area (Å²) in [6.45, 7) is 2.25. The molecule has 0 aliphatic carbocycles. The van der Waals surface area contributed by atoms with E-state index in [1.54, 1.807) is 6.08 Å². The lowest BCUT2D eigenvalue weighted by Crippen LogP contribution is -2.29. The Bertz CT molecular complexity index is 858. The van der Waals surface area contributed by atoms with E-state index >= 15 is 0 Å². The van der Waals surface area contributed by atoms with Crippen LogP contribution in [0.4, 0.5) is 17.1 Å². The highest BCUT2D eigenvalue weighted by Crippen LogP contribution is 2.24. The molecule has 2 aromatic carbocycles. The molecule has 3 rings (SSSR count). The summed E-state index contributed by atoms with van der Waals surface area (Å²) >= 11 is 0. The normalized spacial score (nSPS) is 13.8. The molecule has 26 heavy (non-hydrogen) atoms. The lowest BCUT2D eigenvalue weighted by Gasteiger charge is -2.28. The first-order valence-corrected chi connectivity index (χ1v) is 8.67. The molecule has 2 aromatic rings. The van der Waals surface area contributed by atoms with Gasteiger partial charge in [0.05, 0.1) is 11.4 Å². The van der Waals surface area contributed by atoms with Crippen LogP contribution in [0.5, 0.6) is 0 Å². The summed E-state index contributed by atoms with van der Waals surface area (Å²) in [5.74, 6) is 0. The highest BCUT2D eigenvalue weighted by molar-refractivity contribution is 5.63. The van der Waals surface area contributed by atoms with E-state index in [0.29, 0.717) is 0 Å². The topological polar surface area (TPSA) is 75.5 Å². The van der Waals surface area contributed by atoms with E-state index < -0.39 is 0 Å². The summed E-state index contributed by atoms with van der Waals surface area (Å²) in [5.41, 5.74) is 3.63. The van der Waals surface area contributed by atoms with Crippen molar-refractivity contribution in [3.63, 3.8) is 0 Å². The van der Waals surface area contributed by atoms with Gasteiger partial charge in [-0.2, -0.15) is 20.8 Å². The zero-order chi connectivity index (χ0) is 18.2. The van der Waals surface area contributed by atoms with Gasteiger partial charge in [-0.1, -0.05) is 12.1 Å². The van der Waals surface area contributed by atoms with Crippen molar-refractivity contribution in [3.8, 4) is 12.1 Å². The fourth-order valence-corrected chi connectivity index (χ4v) is 2.89. The number of nitriles is 2. The largest absolute Gasteiger partial charge is 0.372 e. The molecular weight excluding hydrogens is 322 g/mol. The monoisotopic (exact) mass is 341 g/mol. The second-order valence-corrected chi connectivity index (χ2v) is 6.14. The Morgan fingerprint density at radius 1 is 0.808 bits per heavy atom. The maximum absolute atomic E-state index is 8.78. The van der Waals surface area contributed by atoms with Crippen molar-refractivity contribution in [2.24, 2.45) is 10.2 Å². The maximum Gasteiger partial charge on any atom is 0.130 e. The molecule has 0 N–H and O–H groups in total. The number of rotatable bonds is 4. The van der Waals surface area contributed by atoms with Gasteiger partial charge in [0.15, 0.2) is 0 Å². The second-order valence-electron chi connectivity index (χ2n) is 6.14. The molecule has 5 heteroatoms. The molecule has 0 aromatic heterocycles. The molecule has 1 fully saturated rings. The maximum atomic E-state index is 8.78. The van der Waals surface area contributed by atoms with Crippen molar-refractivity contribution in [2.75, 3.05) is 18.0 Å². The number of nitrogens with zero attached hydrogens (tertiary/aromatic N) is 5. The van der Waals surface area contributed by atoms with Gasteiger partial charge in [-0.15, -0.1) is 0 Å². The van der Waals surface area contributed by atoms with Crippen molar-refractivity contribution in [3.05, 3.63) is 59.7 Å². The minimum absolute atomic E-state index is 0.0770. The van der Waals surface area contributed by atoms with Crippen molar-refractivity contribution in [1.82, 2.24) is 0 Å². The minimum Gasteiger partial charge on any atom is -0.372 e. The Hall–Kier alpha value is -3.44. The zero-order valence-electron chi connectivity index (χ0n) is 14.5. The van der Waals surface area contributed by atoms with Gasteiger partial charge in [0.2, 0.25) is 0 Å². The first kappa shape index (κ1) is 17.4. The standard InChI is InChI=1S/C21H19N5/c22-15-18(16-23)14-17-4-6-19(7-5-17)24-25-20-8-10-21(11-9-20)26-12-2-1-3-13-26/h4-11,14H,1-3,12-13H2. The van der Waals surface area contributed by atoms with Crippen LogP contribution < -0.4 is 4.90 Å². The van der Waals surface area contributed by atoms with Crippen LogP contribution in [0.2, 0.25) is 0 Å². The van der Waals surface area contributed by atoms with Crippen LogP contribution >= 0.6 is 0 Å². The van der Waals surface area contributed by atoms with Gasteiger partial charge in [0, 0.05) is 18.8 Å². The Labute approximate surface area is 153 Å². The number of allylic oxidation sites excluding steroid dienone is 1. The van der Waals surface area contributed by atoms with Crippen molar-refractivity contribution in [2.45, 2.75) is 19.3 Å². The summed E-state index contributed by atoms with van der Waals surface area (Å²) in [5, 5.41) is 26.1. The van der Waals surface area contributed by atoms with E-state index in [1.807, 2.05) is 48.5 Å². The molecule has 0 radical (unpaired) electrons. The fraction of sp³-hybridized carbons (Fsp3) is 0.238. The van der Waals surface area contributed by atoms with Gasteiger partial charge in [-0.25, -0.2) is 0 Å². The molecule has 128 valence electrons. The van der Waals surface area contributed by atoms with Crippen molar-refractivity contribution >= 4 is 23.1 Å². The van der Waals surface area contributed by atoms with Crippen LogP contribution in [0.3, 0.4) is 0 Å². The first-order valence-electron chi connectivity index (χ1n) is 8.67. The third-order valence-corrected chi connectivity index (χ3v) is 4.30. The van der Waals surface area contributed by atoms with Gasteiger partial charge in [0.1, 0.15) is 17.7 Å². The van der Waals surface area contributed by atoms with Gasteiger partial charge >= 0.3 is 0 Å². The van der Waals surface area contributed by atoms with E-state index in [-0.39, 0.29) is 5.57 Å². The highest BCUT2D eigenvalue weighted by atomic mass is 15.1. The van der Waals surface area contributed by atoms with E-state index in [1.165, 1.54) is 24.9 Å². The first-order chi connectivity index (χ1) is 12.8. The molecule has 1 aliphatic rings. The molecule has 0 unspecified atom stereocenters. The van der Waals surface area contributed by atoms with Gasteiger partial charge in [-0.05, 0) is 67.3 Å². The number of piperidine rings is 1. The Morgan fingerprint density at radius 3 is 1.88 bits per heavy atom. The molecule has 0 spiro atoms. The fourth-order valence-electron chi connectivity index (χ4n) is 2.89. The lowest BCUT2D eigenvalue weighted by molar-refractivity contribution is 0.578. The highest BCUT2D eigenvalue weighted by Gasteiger charge is 2.10. The van der Waals surface area contributed by atoms with Crippen LogP contribution in [0.25, 0.3) is 6.08 Å². The predicted molar refractivity (Wildman–Crippen MR) is 102 cm³/mol. The number of hydrogen-bond acceptors (Lipinski definition) is 5. The predicted octanol–water partition coefficient (Wildman–Crippen LogP) is 5.52. The number of anilines is 1. The van der Waals surface area contributed by atoms with E-state index in [9.17, 15) is 0 Å². The van der Waals surface area contributed by atoms with Gasteiger partial charge in [0.25, 0.3) is 0 Å². The van der Waals surface area contributed by atoms with Crippen LogP contribution in [0.15, 0.2) is 64.3 Å². The van der Waals surface area contributed by atoms with Crippen LogP contribution in [-0.4, -0.2) is 13.1 Å². The number of hydrogen-bond donors (Lipinski definition) is 0. The van der Waals surface area contributed by atoms with Crippen LogP contribution in [0, 0.1) is 22.7 Å². The summed E-state index contributed by atoms with van der Waals surface area (Å²) < 4.78 is 0. The Morgan fingerprint density at radius 2 is 1.35 bits per heavy atom. The van der Waals surface area contributed by atoms with Crippen molar-refractivity contribution < 1.29 is 0 Å². The average Bonchev–Trinajstić information content (AvgIpc) is 2.72. The molecule has 0 bridgehead atoms. The van der Waals surface area contributed by atoms with E-state index in [0.717, 1.165) is 30.0 Å². The van der Waals surface area contributed by atoms with Crippen LogP contribution in [0.1, 0.15) is 24.8 Å². The summed E-state index contributed by atoms with van der Waals surface area (Å²) in [4.78, 5) is 2.41. The van der Waals surface area contributed by atoms with Gasteiger partial charge in [-0.3, -0.25) is 0 Å². The zero-order valence-corrected chi connectivity index (χ0v) is 14.5. The second kappa shape index (κ2) is 8.60. The van der Waals surface area contributed by atoms with Crippen molar-refractivity contribution in [1.29, 1.82) is 10.5 Å². The van der Waals surface area contributed by atoms with E-state index in [4.69, 9.17) is 10.5 Å². The number of azo groups is 1. The summed E-state index contributed by atoms with van der Waals surface area (Å²) in [6.07, 6.45) is 5.39. The number of benzene rings is 2. The Kier molecular flexibility index (Phi) is 5.75. The quantitative estimate of drug-likeness (QED) is 0.542. The van der Waals surface area contributed by atoms with E-state index in [2.05, 4.69) is 27.3 Å². The molecule has 0 atom stereocenters. The molecule has 1 heterocycles. The summed E-state index contributed by atoms with van der Waals surface area (Å²) in [6, 6.07) is 19.1. The molecule has 5 nitrogen and oxygen atoms in total. The summed E-state index contributed by atoms with van der Waals surface area (Å²) in [7, 11) is 0. The third kappa shape index (κ3) is 4.55. The Balaban J connectivity index is 1.65.